The molecule has 1 unspecified atom stereocenters. The Bertz CT molecular complexity index is 1510. The Morgan fingerprint density at radius 1 is 0.333 bits per heavy atom. The van der Waals surface area contributed by atoms with Crippen LogP contribution >= 0.6 is 0 Å². The molecule has 0 N–H and O–H groups in total. The molecule has 0 aliphatic carbocycles. The predicted molar refractivity (Wildman–Crippen MR) is 283 cm³/mol. The molecule has 0 radical (unpaired) electrons. The van der Waals surface area contributed by atoms with Crippen LogP contribution in [0.5, 0.6) is 0 Å². The first kappa shape index (κ1) is 61.3. The minimum atomic E-state index is -0.845. The van der Waals surface area contributed by atoms with Crippen LogP contribution in [0.1, 0.15) is 194 Å². The van der Waals surface area contributed by atoms with Crippen LogP contribution in [-0.2, 0) is 28.6 Å². The van der Waals surface area contributed by atoms with E-state index in [-0.39, 0.29) is 50.4 Å². The van der Waals surface area contributed by atoms with E-state index in [0.29, 0.717) is 19.3 Å². The number of allylic oxidation sites excluding steroid dienone is 24. The van der Waals surface area contributed by atoms with Crippen molar-refractivity contribution in [1.29, 1.82) is 0 Å². The summed E-state index contributed by atoms with van der Waals surface area (Å²) in [5.41, 5.74) is 0. The molecule has 0 aliphatic rings. The molecule has 0 aromatic rings. The maximum absolute atomic E-state index is 12.8. The summed E-state index contributed by atoms with van der Waals surface area (Å²) in [4.78, 5) is 37.9. The number of rotatable bonds is 44. The summed E-state index contributed by atoms with van der Waals surface area (Å²) in [7, 11) is 0. The predicted octanol–water partition coefficient (Wildman–Crippen LogP) is 17.3. The van der Waals surface area contributed by atoms with Gasteiger partial charge in [0.05, 0.1) is 0 Å². The van der Waals surface area contributed by atoms with Crippen molar-refractivity contribution in [3.8, 4) is 0 Å². The van der Waals surface area contributed by atoms with Gasteiger partial charge in [-0.1, -0.05) is 218 Å². The van der Waals surface area contributed by atoms with E-state index in [9.17, 15) is 14.4 Å². The van der Waals surface area contributed by atoms with Crippen LogP contribution in [0.15, 0.2) is 146 Å². The molecule has 0 aromatic carbocycles. The number of hydrogen-bond acceptors (Lipinski definition) is 6. The van der Waals surface area contributed by atoms with Gasteiger partial charge in [-0.25, -0.2) is 0 Å². The number of ether oxygens (including phenoxy) is 3. The summed E-state index contributed by atoms with van der Waals surface area (Å²) < 4.78 is 16.7. The van der Waals surface area contributed by atoms with Gasteiger partial charge in [0.1, 0.15) is 13.2 Å². The number of carbonyl (C=O) groups excluding carboxylic acids is 3. The van der Waals surface area contributed by atoms with E-state index in [1.165, 1.54) is 44.9 Å². The SMILES string of the molecule is CC\C=C/C=C\C=C/C=C\CCCCCC(=O)OCC(COC(=O)CC/C=C\C/C=C\C/C=C\C/C=C\C/C=C\C/C=C\CC)OC(=O)CCCCC/C=C\C=C/CCCCCCCCC. The zero-order chi connectivity index (χ0) is 47.9. The van der Waals surface area contributed by atoms with Crippen LogP contribution in [0.2, 0.25) is 0 Å². The van der Waals surface area contributed by atoms with Gasteiger partial charge in [0.25, 0.3) is 0 Å². The fourth-order valence-corrected chi connectivity index (χ4v) is 6.35. The highest BCUT2D eigenvalue weighted by molar-refractivity contribution is 5.71. The average molecular weight is 909 g/mol. The second-order valence-electron chi connectivity index (χ2n) is 16.4. The van der Waals surface area contributed by atoms with E-state index < -0.39 is 6.10 Å². The second-order valence-corrected chi connectivity index (χ2v) is 16.4. The van der Waals surface area contributed by atoms with Gasteiger partial charge in [0.15, 0.2) is 6.10 Å². The molecule has 0 bridgehead atoms. The highest BCUT2D eigenvalue weighted by atomic mass is 16.6. The largest absolute Gasteiger partial charge is 0.462 e. The second kappa shape index (κ2) is 52.9. The van der Waals surface area contributed by atoms with Crippen molar-refractivity contribution >= 4 is 17.9 Å². The van der Waals surface area contributed by atoms with E-state index >= 15 is 0 Å². The monoisotopic (exact) mass is 909 g/mol. The highest BCUT2D eigenvalue weighted by Crippen LogP contribution is 2.11. The molecule has 66 heavy (non-hydrogen) atoms. The van der Waals surface area contributed by atoms with Crippen molar-refractivity contribution < 1.29 is 28.6 Å². The minimum absolute atomic E-state index is 0.139. The quantitative estimate of drug-likeness (QED) is 0.0199. The molecule has 0 heterocycles. The van der Waals surface area contributed by atoms with E-state index in [1.54, 1.807) is 0 Å². The first-order valence-corrected chi connectivity index (χ1v) is 25.9. The van der Waals surface area contributed by atoms with Crippen LogP contribution in [0.25, 0.3) is 0 Å². The molecule has 6 nitrogen and oxygen atoms in total. The van der Waals surface area contributed by atoms with E-state index in [0.717, 1.165) is 89.9 Å². The molecular formula is C60H92O6. The van der Waals surface area contributed by atoms with Crippen LogP contribution < -0.4 is 0 Å². The van der Waals surface area contributed by atoms with Crippen molar-refractivity contribution in [1.82, 2.24) is 0 Å². The summed E-state index contributed by atoms with van der Waals surface area (Å²) in [6.45, 7) is 6.23. The van der Waals surface area contributed by atoms with Crippen molar-refractivity contribution in [2.24, 2.45) is 0 Å². The van der Waals surface area contributed by atoms with Crippen LogP contribution in [0.3, 0.4) is 0 Å². The Hall–Kier alpha value is -4.71. The standard InChI is InChI=1S/C60H92O6/c1-4-7-10-13-16-19-22-25-27-29-30-31-33-35-38-41-44-47-50-53-59(62)65-56-57(55-64-58(61)52-49-46-43-40-37-34-24-21-18-15-12-9-6-3)66-60(63)54-51-48-45-42-39-36-32-28-26-23-20-17-14-11-8-5-2/h7,9-10,12,15-16,18-19,21,24-25,27-28,30-32,34-39,44,47,57H,4-6,8,11,13-14,17,20,22-23,26,29,33,40-43,45-46,48-56H2,1-3H3/b10-7-,12-9-,18-15-,19-16-,24-21-,27-25-,31-30-,32-28-,37-34-,38-35-,39-36-,47-44-. The molecule has 0 aliphatic heterocycles. The lowest BCUT2D eigenvalue weighted by Gasteiger charge is -2.18. The Kier molecular flexibility index (Phi) is 49.1. The lowest BCUT2D eigenvalue weighted by atomic mass is 10.1. The number of carbonyl (C=O) groups is 3. The Labute approximate surface area is 404 Å². The number of esters is 3. The van der Waals surface area contributed by atoms with Crippen molar-refractivity contribution in [3.63, 3.8) is 0 Å². The molecule has 0 amide bonds. The minimum Gasteiger partial charge on any atom is -0.462 e. The van der Waals surface area contributed by atoms with Crippen molar-refractivity contribution in [2.45, 2.75) is 200 Å². The first-order valence-electron chi connectivity index (χ1n) is 25.9. The lowest BCUT2D eigenvalue weighted by molar-refractivity contribution is -0.166. The first-order chi connectivity index (χ1) is 32.5. The summed E-state index contributed by atoms with van der Waals surface area (Å²) in [6, 6.07) is 0. The molecule has 1 atom stereocenters. The summed E-state index contributed by atoms with van der Waals surface area (Å²) in [5, 5.41) is 0. The Morgan fingerprint density at radius 2 is 0.697 bits per heavy atom. The van der Waals surface area contributed by atoms with Crippen LogP contribution in [0, 0.1) is 0 Å². The molecule has 0 rings (SSSR count). The highest BCUT2D eigenvalue weighted by Gasteiger charge is 2.19. The summed E-state index contributed by atoms with van der Waals surface area (Å²) >= 11 is 0. The third-order valence-corrected chi connectivity index (χ3v) is 10.2. The molecule has 0 fully saturated rings. The topological polar surface area (TPSA) is 78.9 Å². The van der Waals surface area contributed by atoms with Gasteiger partial charge < -0.3 is 14.2 Å². The smallest absolute Gasteiger partial charge is 0.306 e. The van der Waals surface area contributed by atoms with E-state index in [1.807, 2.05) is 48.6 Å². The third-order valence-electron chi connectivity index (χ3n) is 10.2. The number of hydrogen-bond donors (Lipinski definition) is 0. The fraction of sp³-hybridized carbons (Fsp3) is 0.550. The van der Waals surface area contributed by atoms with Gasteiger partial charge in [0.2, 0.25) is 0 Å². The van der Waals surface area contributed by atoms with Gasteiger partial charge in [0, 0.05) is 19.3 Å². The van der Waals surface area contributed by atoms with Crippen molar-refractivity contribution in [2.75, 3.05) is 13.2 Å². The Balaban J connectivity index is 4.63. The molecule has 0 saturated carbocycles. The van der Waals surface area contributed by atoms with Gasteiger partial charge in [-0.3, -0.25) is 14.4 Å². The van der Waals surface area contributed by atoms with E-state index in [2.05, 4.69) is 118 Å². The van der Waals surface area contributed by atoms with Gasteiger partial charge in [-0.2, -0.15) is 0 Å². The Morgan fingerprint density at radius 3 is 1.18 bits per heavy atom. The molecule has 0 spiro atoms. The fourth-order valence-electron chi connectivity index (χ4n) is 6.35. The summed E-state index contributed by atoms with van der Waals surface area (Å²) in [5.74, 6) is -1.10. The zero-order valence-corrected chi connectivity index (χ0v) is 41.9. The van der Waals surface area contributed by atoms with Crippen molar-refractivity contribution in [3.05, 3.63) is 146 Å². The lowest BCUT2D eigenvalue weighted by Crippen LogP contribution is -2.30. The molecule has 0 saturated heterocycles. The molecular weight excluding hydrogens is 817 g/mol. The van der Waals surface area contributed by atoms with Gasteiger partial charge in [-0.15, -0.1) is 0 Å². The van der Waals surface area contributed by atoms with Crippen LogP contribution in [-0.4, -0.2) is 37.2 Å². The van der Waals surface area contributed by atoms with Gasteiger partial charge >= 0.3 is 17.9 Å². The third kappa shape index (κ3) is 50.3. The van der Waals surface area contributed by atoms with Crippen LogP contribution in [0.4, 0.5) is 0 Å². The maximum atomic E-state index is 12.8. The molecule has 368 valence electrons. The summed E-state index contributed by atoms with van der Waals surface area (Å²) in [6.07, 6.45) is 75.6. The molecule has 0 aromatic heterocycles. The molecule has 6 heteroatoms. The normalized spacial score (nSPS) is 13.3. The average Bonchev–Trinajstić information content (AvgIpc) is 3.31. The zero-order valence-electron chi connectivity index (χ0n) is 41.9. The van der Waals surface area contributed by atoms with E-state index in [4.69, 9.17) is 14.2 Å². The maximum Gasteiger partial charge on any atom is 0.306 e. The van der Waals surface area contributed by atoms with Gasteiger partial charge in [-0.05, 0) is 103 Å². The number of unbranched alkanes of at least 4 members (excludes halogenated alkanes) is 13.